The maximum absolute atomic E-state index is 12.6. The van der Waals surface area contributed by atoms with E-state index in [4.69, 9.17) is 0 Å². The zero-order valence-corrected chi connectivity index (χ0v) is 16.5. The van der Waals surface area contributed by atoms with Crippen LogP contribution in [0.3, 0.4) is 0 Å². The van der Waals surface area contributed by atoms with Gasteiger partial charge in [0.25, 0.3) is 5.91 Å². The Bertz CT molecular complexity index is 964. The monoisotopic (exact) mass is 385 g/mol. The van der Waals surface area contributed by atoms with Crippen LogP contribution >= 0.6 is 11.3 Å². The lowest BCUT2D eigenvalue weighted by Crippen LogP contribution is -2.26. The van der Waals surface area contributed by atoms with Crippen molar-refractivity contribution < 1.29 is 4.79 Å². The fourth-order valence-electron chi connectivity index (χ4n) is 3.51. The lowest BCUT2D eigenvalue weighted by Gasteiger charge is -2.20. The minimum atomic E-state index is -0.237. The summed E-state index contributed by atoms with van der Waals surface area (Å²) in [6.07, 6.45) is 4.11. The molecule has 142 valence electrons. The first-order valence-electron chi connectivity index (χ1n) is 9.06. The van der Waals surface area contributed by atoms with Crippen LogP contribution < -0.4 is 10.6 Å². The van der Waals surface area contributed by atoms with Gasteiger partial charge in [-0.3, -0.25) is 19.9 Å². The molecule has 9 heteroatoms. The Hall–Kier alpha value is -2.52. The van der Waals surface area contributed by atoms with Crippen LogP contribution in [0.15, 0.2) is 12.3 Å². The number of H-pyrrole nitrogens is 1. The van der Waals surface area contributed by atoms with E-state index in [1.807, 2.05) is 31.8 Å². The Balaban J connectivity index is 1.48. The van der Waals surface area contributed by atoms with Crippen LogP contribution in [-0.4, -0.2) is 44.0 Å². The van der Waals surface area contributed by atoms with E-state index in [2.05, 4.69) is 30.9 Å². The van der Waals surface area contributed by atoms with Gasteiger partial charge in [0.1, 0.15) is 5.69 Å². The molecule has 1 aliphatic rings. The molecule has 0 atom stereocenters. The van der Waals surface area contributed by atoms with Crippen molar-refractivity contribution in [3.63, 3.8) is 0 Å². The minimum Gasteiger partial charge on any atom is -0.317 e. The molecule has 0 saturated carbocycles. The second kappa shape index (κ2) is 7.24. The highest BCUT2D eigenvalue weighted by Crippen LogP contribution is 2.32. The normalized spacial score (nSPS) is 15.2. The van der Waals surface area contributed by atoms with E-state index in [-0.39, 0.29) is 5.91 Å². The summed E-state index contributed by atoms with van der Waals surface area (Å²) in [6, 6.07) is 1.76. The van der Waals surface area contributed by atoms with Crippen LogP contribution in [0.2, 0.25) is 0 Å². The van der Waals surface area contributed by atoms with Gasteiger partial charge in [-0.2, -0.15) is 10.2 Å². The number of amides is 1. The molecule has 0 spiro atoms. The highest BCUT2D eigenvalue weighted by molar-refractivity contribution is 7.15. The molecule has 3 aromatic heterocycles. The topological polar surface area (TPSA) is 101 Å². The maximum atomic E-state index is 12.6. The smallest absolute Gasteiger partial charge is 0.275 e. The second-order valence-corrected chi connectivity index (χ2v) is 7.94. The Morgan fingerprint density at radius 1 is 1.33 bits per heavy atom. The van der Waals surface area contributed by atoms with Crippen LogP contribution in [0.1, 0.15) is 45.5 Å². The highest BCUT2D eigenvalue weighted by Gasteiger charge is 2.20. The lowest BCUT2D eigenvalue weighted by atomic mass is 9.97. The number of hydrogen-bond donors (Lipinski definition) is 3. The molecular formula is C18H23N7OS. The third-order valence-electron chi connectivity index (χ3n) is 5.07. The number of aryl methyl sites for hydroxylation is 2. The van der Waals surface area contributed by atoms with E-state index in [9.17, 15) is 4.79 Å². The first kappa shape index (κ1) is 17.9. The molecule has 1 fully saturated rings. The predicted octanol–water partition coefficient (Wildman–Crippen LogP) is 2.60. The molecule has 8 nitrogen and oxygen atoms in total. The van der Waals surface area contributed by atoms with Gasteiger partial charge in [0, 0.05) is 29.4 Å². The van der Waals surface area contributed by atoms with Crippen molar-refractivity contribution in [1.82, 2.24) is 30.3 Å². The molecule has 0 aromatic carbocycles. The number of carbonyl (C=O) groups is 1. The molecule has 4 heterocycles. The van der Waals surface area contributed by atoms with E-state index in [1.165, 1.54) is 4.88 Å². The van der Waals surface area contributed by atoms with Gasteiger partial charge >= 0.3 is 0 Å². The van der Waals surface area contributed by atoms with E-state index in [0.717, 1.165) is 48.6 Å². The number of nitrogens with zero attached hydrogens (tertiary/aromatic N) is 4. The Labute approximate surface area is 161 Å². The van der Waals surface area contributed by atoms with Gasteiger partial charge in [0.05, 0.1) is 11.4 Å². The summed E-state index contributed by atoms with van der Waals surface area (Å²) in [5.41, 5.74) is 3.98. The molecule has 0 aliphatic carbocycles. The Morgan fingerprint density at radius 3 is 2.81 bits per heavy atom. The van der Waals surface area contributed by atoms with Crippen molar-refractivity contribution >= 4 is 22.4 Å². The number of carbonyl (C=O) groups excluding carboxylic acids is 1. The van der Waals surface area contributed by atoms with Gasteiger partial charge in [-0.15, -0.1) is 11.3 Å². The fourth-order valence-corrected chi connectivity index (χ4v) is 4.49. The van der Waals surface area contributed by atoms with Crippen LogP contribution in [0.5, 0.6) is 0 Å². The number of anilines is 1. The molecule has 0 radical (unpaired) electrons. The fraction of sp³-hybridized carbons (Fsp3) is 0.444. The number of hydrogen-bond acceptors (Lipinski definition) is 6. The first-order valence-corrected chi connectivity index (χ1v) is 9.88. The summed E-state index contributed by atoms with van der Waals surface area (Å²) in [7, 11) is 1.90. The molecule has 1 saturated heterocycles. The summed E-state index contributed by atoms with van der Waals surface area (Å²) in [6.45, 7) is 6.00. The van der Waals surface area contributed by atoms with Crippen LogP contribution in [-0.2, 0) is 7.05 Å². The van der Waals surface area contributed by atoms with Crippen LogP contribution in [0, 0.1) is 13.8 Å². The molecule has 27 heavy (non-hydrogen) atoms. The number of aromatic nitrogens is 5. The summed E-state index contributed by atoms with van der Waals surface area (Å²) in [5.74, 6) is 0.295. The third kappa shape index (κ3) is 3.52. The zero-order valence-electron chi connectivity index (χ0n) is 15.7. The number of thiazole rings is 1. The SMILES string of the molecule is Cc1nn(C)c(C)c1-c1cc(C(=O)Nc2ncc(C3CCNCC3)s2)[nH]n1. The van der Waals surface area contributed by atoms with Crippen molar-refractivity contribution in [3.05, 3.63) is 34.2 Å². The number of rotatable bonds is 4. The predicted molar refractivity (Wildman–Crippen MR) is 105 cm³/mol. The van der Waals surface area contributed by atoms with Crippen molar-refractivity contribution in [1.29, 1.82) is 0 Å². The molecule has 1 amide bonds. The number of piperidine rings is 1. The zero-order chi connectivity index (χ0) is 19.0. The maximum Gasteiger partial charge on any atom is 0.275 e. The number of aromatic amines is 1. The van der Waals surface area contributed by atoms with E-state index in [1.54, 1.807) is 17.4 Å². The van der Waals surface area contributed by atoms with E-state index in [0.29, 0.717) is 16.7 Å². The van der Waals surface area contributed by atoms with Gasteiger partial charge < -0.3 is 5.32 Å². The van der Waals surface area contributed by atoms with Crippen molar-refractivity contribution in [2.45, 2.75) is 32.6 Å². The molecule has 4 rings (SSSR count). The van der Waals surface area contributed by atoms with Gasteiger partial charge in [-0.05, 0) is 51.8 Å². The van der Waals surface area contributed by atoms with Gasteiger partial charge in [0.15, 0.2) is 5.13 Å². The number of nitrogens with one attached hydrogen (secondary N) is 3. The first-order chi connectivity index (χ1) is 13.0. The van der Waals surface area contributed by atoms with Crippen LogP contribution in [0.4, 0.5) is 5.13 Å². The average molecular weight is 385 g/mol. The Morgan fingerprint density at radius 2 is 2.11 bits per heavy atom. The van der Waals surface area contributed by atoms with Crippen LogP contribution in [0.25, 0.3) is 11.3 Å². The lowest BCUT2D eigenvalue weighted by molar-refractivity contribution is 0.102. The van der Waals surface area contributed by atoms with Crippen molar-refractivity contribution in [2.24, 2.45) is 7.05 Å². The quantitative estimate of drug-likeness (QED) is 0.641. The standard InChI is InChI=1S/C18H23N7OS/c1-10-16(11(2)25(3)24-10)13-8-14(23-22-13)17(26)21-18-20-9-15(27-18)12-4-6-19-7-5-12/h8-9,12,19H,4-7H2,1-3H3,(H,22,23)(H,20,21,26). The second-order valence-electron chi connectivity index (χ2n) is 6.88. The molecule has 0 bridgehead atoms. The van der Waals surface area contributed by atoms with Crippen molar-refractivity contribution in [3.8, 4) is 11.3 Å². The van der Waals surface area contributed by atoms with Crippen molar-refractivity contribution in [2.75, 3.05) is 18.4 Å². The Kier molecular flexibility index (Phi) is 4.79. The summed E-state index contributed by atoms with van der Waals surface area (Å²) >= 11 is 1.56. The molecule has 0 unspecified atom stereocenters. The summed E-state index contributed by atoms with van der Waals surface area (Å²) in [4.78, 5) is 18.2. The molecule has 1 aliphatic heterocycles. The molecular weight excluding hydrogens is 362 g/mol. The summed E-state index contributed by atoms with van der Waals surface area (Å²) < 4.78 is 1.82. The van der Waals surface area contributed by atoms with Gasteiger partial charge in [-0.25, -0.2) is 4.98 Å². The molecule has 3 aromatic rings. The highest BCUT2D eigenvalue weighted by atomic mass is 32.1. The van der Waals surface area contributed by atoms with Gasteiger partial charge in [0.2, 0.25) is 0 Å². The van der Waals surface area contributed by atoms with Gasteiger partial charge in [-0.1, -0.05) is 0 Å². The minimum absolute atomic E-state index is 0.237. The largest absolute Gasteiger partial charge is 0.317 e. The van der Waals surface area contributed by atoms with E-state index < -0.39 is 0 Å². The average Bonchev–Trinajstić information content (AvgIpc) is 3.37. The van der Waals surface area contributed by atoms with E-state index >= 15 is 0 Å². The molecule has 3 N–H and O–H groups in total. The summed E-state index contributed by atoms with van der Waals surface area (Å²) in [5, 5.41) is 18.4. The third-order valence-corrected chi connectivity index (χ3v) is 6.15.